The van der Waals surface area contributed by atoms with Crippen molar-refractivity contribution in [2.24, 2.45) is 0 Å². The van der Waals surface area contributed by atoms with E-state index < -0.39 is 0 Å². The van der Waals surface area contributed by atoms with Crippen LogP contribution >= 0.6 is 0 Å². The fourth-order valence-electron chi connectivity index (χ4n) is 3.62. The summed E-state index contributed by atoms with van der Waals surface area (Å²) in [5.41, 5.74) is 1.04. The number of likely N-dealkylation sites (N-methyl/N-ethyl adjacent to an activating group) is 1. The molecule has 0 aromatic carbocycles. The number of anilines is 2. The van der Waals surface area contributed by atoms with Gasteiger partial charge in [0.2, 0.25) is 0 Å². The molecule has 3 aromatic heterocycles. The molecule has 0 saturated carbocycles. The number of aromatic nitrogens is 5. The maximum Gasteiger partial charge on any atom is 0.153 e. The minimum atomic E-state index is -0.328. The van der Waals surface area contributed by atoms with Crippen LogP contribution in [0.5, 0.6) is 0 Å². The van der Waals surface area contributed by atoms with Gasteiger partial charge in [-0.25, -0.2) is 19.6 Å². The van der Waals surface area contributed by atoms with Crippen LogP contribution in [-0.4, -0.2) is 74.1 Å². The molecule has 152 valence electrons. The highest BCUT2D eigenvalue weighted by Gasteiger charge is 2.32. The molecule has 0 aliphatic carbocycles. The predicted molar refractivity (Wildman–Crippen MR) is 111 cm³/mol. The summed E-state index contributed by atoms with van der Waals surface area (Å²) in [5, 5.41) is 17.6. The summed E-state index contributed by atoms with van der Waals surface area (Å²) in [6.45, 7) is 2.07. The molecule has 4 heterocycles. The van der Waals surface area contributed by atoms with Gasteiger partial charge in [-0.05, 0) is 38.2 Å². The Hall–Kier alpha value is -3.04. The van der Waals surface area contributed by atoms with Crippen LogP contribution in [0, 0.1) is 0 Å². The molecule has 9 nitrogen and oxygen atoms in total. The summed E-state index contributed by atoms with van der Waals surface area (Å²) < 4.78 is 1.72. The van der Waals surface area contributed by atoms with Crippen molar-refractivity contribution in [2.75, 3.05) is 37.4 Å². The van der Waals surface area contributed by atoms with Gasteiger partial charge in [0.05, 0.1) is 6.10 Å². The number of nitrogens with one attached hydrogen (secondary N) is 1. The third kappa shape index (κ3) is 4.69. The zero-order chi connectivity index (χ0) is 20.2. The second-order valence-corrected chi connectivity index (χ2v) is 7.55. The molecule has 0 unspecified atom stereocenters. The van der Waals surface area contributed by atoms with E-state index in [0.29, 0.717) is 13.1 Å². The normalized spacial score (nSPS) is 19.1. The van der Waals surface area contributed by atoms with Crippen molar-refractivity contribution < 1.29 is 5.11 Å². The Kier molecular flexibility index (Phi) is 5.68. The average molecular weight is 394 g/mol. The minimum Gasteiger partial charge on any atom is -0.391 e. The fraction of sp³-hybridized carbons (Fsp3) is 0.400. The van der Waals surface area contributed by atoms with Crippen LogP contribution in [-0.2, 0) is 6.54 Å². The Bertz CT molecular complexity index is 912. The van der Waals surface area contributed by atoms with E-state index >= 15 is 0 Å². The molecule has 4 rings (SSSR count). The number of hydrogen-bond donors (Lipinski definition) is 2. The topological polar surface area (TPSA) is 95.2 Å². The second-order valence-electron chi connectivity index (χ2n) is 7.55. The van der Waals surface area contributed by atoms with Gasteiger partial charge in [-0.15, -0.1) is 0 Å². The molecule has 0 bridgehead atoms. The highest BCUT2D eigenvalue weighted by atomic mass is 16.3. The fourth-order valence-corrected chi connectivity index (χ4v) is 3.62. The van der Waals surface area contributed by atoms with Gasteiger partial charge in [0, 0.05) is 50.3 Å². The molecule has 29 heavy (non-hydrogen) atoms. The highest BCUT2D eigenvalue weighted by molar-refractivity contribution is 5.50. The predicted octanol–water partition coefficient (Wildman–Crippen LogP) is 1.17. The molecule has 2 atom stereocenters. The number of rotatable bonds is 7. The van der Waals surface area contributed by atoms with E-state index in [4.69, 9.17) is 0 Å². The van der Waals surface area contributed by atoms with Crippen molar-refractivity contribution in [1.82, 2.24) is 29.6 Å². The summed E-state index contributed by atoms with van der Waals surface area (Å²) in [6, 6.07) is 8.00. The lowest BCUT2D eigenvalue weighted by Crippen LogP contribution is -2.38. The van der Waals surface area contributed by atoms with Gasteiger partial charge in [-0.3, -0.25) is 0 Å². The number of β-amino-alcohol motifs (C(OH)–C–C–N with tert-alkyl or cyclic N) is 1. The van der Waals surface area contributed by atoms with Crippen LogP contribution in [0.1, 0.15) is 12.0 Å². The Morgan fingerprint density at radius 1 is 1.21 bits per heavy atom. The summed E-state index contributed by atoms with van der Waals surface area (Å²) in [4.78, 5) is 17.5. The number of hydrogen-bond acceptors (Lipinski definition) is 8. The molecule has 1 aliphatic heterocycles. The lowest BCUT2D eigenvalue weighted by Gasteiger charge is -2.27. The van der Waals surface area contributed by atoms with Gasteiger partial charge in [-0.2, -0.15) is 5.10 Å². The van der Waals surface area contributed by atoms with E-state index in [2.05, 4.69) is 35.2 Å². The van der Waals surface area contributed by atoms with Crippen LogP contribution < -0.4 is 10.2 Å². The van der Waals surface area contributed by atoms with Crippen molar-refractivity contribution in [2.45, 2.75) is 25.1 Å². The molecule has 1 fully saturated rings. The van der Waals surface area contributed by atoms with Crippen LogP contribution in [0.25, 0.3) is 5.82 Å². The quantitative estimate of drug-likeness (QED) is 0.617. The van der Waals surface area contributed by atoms with Gasteiger partial charge in [0.1, 0.15) is 18.0 Å². The van der Waals surface area contributed by atoms with Crippen LogP contribution in [0.2, 0.25) is 0 Å². The van der Waals surface area contributed by atoms with E-state index in [-0.39, 0.29) is 12.1 Å². The Morgan fingerprint density at radius 2 is 2.10 bits per heavy atom. The smallest absolute Gasteiger partial charge is 0.153 e. The first-order valence-electron chi connectivity index (χ1n) is 9.69. The van der Waals surface area contributed by atoms with Crippen molar-refractivity contribution in [1.29, 1.82) is 0 Å². The number of pyridine rings is 1. The molecular formula is C20H26N8O. The summed E-state index contributed by atoms with van der Waals surface area (Å²) >= 11 is 0. The zero-order valence-corrected chi connectivity index (χ0v) is 16.7. The Balaban J connectivity index is 1.41. The molecule has 1 saturated heterocycles. The van der Waals surface area contributed by atoms with E-state index in [1.807, 2.05) is 50.8 Å². The molecule has 0 radical (unpaired) electrons. The number of nitrogens with zero attached hydrogens (tertiary/aromatic N) is 7. The zero-order valence-electron chi connectivity index (χ0n) is 16.7. The largest absolute Gasteiger partial charge is 0.391 e. The number of aliphatic hydroxyl groups excluding tert-OH is 1. The molecule has 1 aliphatic rings. The van der Waals surface area contributed by atoms with Gasteiger partial charge in [0.25, 0.3) is 0 Å². The first kappa shape index (κ1) is 19.3. The van der Waals surface area contributed by atoms with E-state index in [0.717, 1.165) is 36.0 Å². The highest BCUT2D eigenvalue weighted by Crippen LogP contribution is 2.25. The minimum absolute atomic E-state index is 0.238. The number of aliphatic hydroxyl groups is 1. The van der Waals surface area contributed by atoms with Crippen LogP contribution in [0.4, 0.5) is 11.6 Å². The first-order valence-corrected chi connectivity index (χ1v) is 9.69. The maximum absolute atomic E-state index is 10.1. The summed E-state index contributed by atoms with van der Waals surface area (Å²) in [6.07, 6.45) is 7.41. The van der Waals surface area contributed by atoms with Gasteiger partial charge < -0.3 is 20.2 Å². The van der Waals surface area contributed by atoms with Crippen molar-refractivity contribution in [3.63, 3.8) is 0 Å². The Morgan fingerprint density at radius 3 is 2.83 bits per heavy atom. The molecule has 0 spiro atoms. The lowest BCUT2D eigenvalue weighted by molar-refractivity contribution is 0.191. The average Bonchev–Trinajstić information content (AvgIpc) is 3.37. The van der Waals surface area contributed by atoms with E-state index in [1.165, 1.54) is 0 Å². The Labute approximate surface area is 170 Å². The third-order valence-corrected chi connectivity index (χ3v) is 4.94. The van der Waals surface area contributed by atoms with E-state index in [9.17, 15) is 5.11 Å². The third-order valence-electron chi connectivity index (χ3n) is 4.94. The summed E-state index contributed by atoms with van der Waals surface area (Å²) in [5.74, 6) is 2.36. The van der Waals surface area contributed by atoms with Crippen LogP contribution in [0.3, 0.4) is 0 Å². The lowest BCUT2D eigenvalue weighted by atomic mass is 10.2. The first-order chi connectivity index (χ1) is 14.1. The molecular weight excluding hydrogens is 368 g/mol. The standard InChI is InChI=1S/C20H26N8O/c1-26(2)12-16-8-17(29)13-27(16)20-9-18(23-14-24-20)21-10-15-4-5-19(22-11-15)28-7-3-6-25-28/h3-7,9,11,14,16-17,29H,8,10,12-13H2,1-2H3,(H,21,23,24)/t16-,17-/m1/s1. The van der Waals surface area contributed by atoms with Gasteiger partial charge in [0.15, 0.2) is 5.82 Å². The van der Waals surface area contributed by atoms with Crippen molar-refractivity contribution in [3.05, 3.63) is 54.7 Å². The molecule has 9 heteroatoms. The second kappa shape index (κ2) is 8.54. The summed E-state index contributed by atoms with van der Waals surface area (Å²) in [7, 11) is 4.09. The van der Waals surface area contributed by atoms with Crippen LogP contribution in [0.15, 0.2) is 49.2 Å². The van der Waals surface area contributed by atoms with Gasteiger partial charge in [-0.1, -0.05) is 6.07 Å². The van der Waals surface area contributed by atoms with Gasteiger partial charge >= 0.3 is 0 Å². The molecule has 2 N–H and O–H groups in total. The maximum atomic E-state index is 10.1. The monoisotopic (exact) mass is 394 g/mol. The SMILES string of the molecule is CN(C)C[C@H]1C[C@@H](O)CN1c1cc(NCc2ccc(-n3cccn3)nc2)ncn1. The molecule has 0 amide bonds. The van der Waals surface area contributed by atoms with E-state index in [1.54, 1.807) is 17.2 Å². The van der Waals surface area contributed by atoms with Crippen molar-refractivity contribution in [3.8, 4) is 5.82 Å². The van der Waals surface area contributed by atoms with Crippen molar-refractivity contribution >= 4 is 11.6 Å². The molecule has 3 aromatic rings.